The van der Waals surface area contributed by atoms with E-state index in [9.17, 15) is 9.59 Å². The summed E-state index contributed by atoms with van der Waals surface area (Å²) in [7, 11) is 0. The van der Waals surface area contributed by atoms with E-state index in [1.165, 1.54) is 0 Å². The molecule has 2 aliphatic heterocycles. The number of likely N-dealkylation sites (tertiary alicyclic amines) is 1. The number of nitrogens with zero attached hydrogens (tertiary/aromatic N) is 1. The van der Waals surface area contributed by atoms with Gasteiger partial charge < -0.3 is 15.0 Å². The molecule has 1 fully saturated rings. The van der Waals surface area contributed by atoms with Gasteiger partial charge in [-0.15, -0.1) is 0 Å². The van der Waals surface area contributed by atoms with Gasteiger partial charge in [-0.3, -0.25) is 4.79 Å². The molecule has 0 saturated carbocycles. The van der Waals surface area contributed by atoms with Crippen LogP contribution in [0.3, 0.4) is 0 Å². The van der Waals surface area contributed by atoms with E-state index in [0.29, 0.717) is 37.2 Å². The van der Waals surface area contributed by atoms with Crippen molar-refractivity contribution in [1.82, 2.24) is 4.90 Å². The number of amides is 2. The molecule has 0 aromatic heterocycles. The average Bonchev–Trinajstić information content (AvgIpc) is 2.98. The Morgan fingerprint density at radius 1 is 1.20 bits per heavy atom. The van der Waals surface area contributed by atoms with Crippen LogP contribution in [-0.4, -0.2) is 35.4 Å². The number of anilines is 1. The predicted molar refractivity (Wildman–Crippen MR) is 95.1 cm³/mol. The van der Waals surface area contributed by atoms with Gasteiger partial charge in [0.2, 0.25) is 0 Å². The fourth-order valence-electron chi connectivity index (χ4n) is 3.61. The molecule has 1 unspecified atom stereocenters. The topological polar surface area (TPSA) is 58.6 Å². The van der Waals surface area contributed by atoms with E-state index in [0.717, 1.165) is 11.3 Å². The molecular formula is C20H20N2O3. The molecule has 1 spiro atoms. The van der Waals surface area contributed by atoms with Crippen LogP contribution in [0.2, 0.25) is 0 Å². The number of ketones is 1. The maximum absolute atomic E-state index is 12.6. The van der Waals surface area contributed by atoms with Crippen molar-refractivity contribution in [2.75, 3.05) is 18.4 Å². The molecule has 2 amide bonds. The number of hydrogen-bond acceptors (Lipinski definition) is 3. The first-order valence-corrected chi connectivity index (χ1v) is 8.49. The highest BCUT2D eigenvalue weighted by molar-refractivity contribution is 6.00. The van der Waals surface area contributed by atoms with Crippen molar-refractivity contribution in [2.24, 2.45) is 0 Å². The number of benzene rings is 2. The molecule has 5 heteroatoms. The highest BCUT2D eigenvalue weighted by atomic mass is 16.5. The molecule has 2 aliphatic rings. The van der Waals surface area contributed by atoms with Gasteiger partial charge in [0, 0.05) is 18.7 Å². The van der Waals surface area contributed by atoms with Crippen molar-refractivity contribution in [3.63, 3.8) is 0 Å². The Balaban J connectivity index is 1.48. The van der Waals surface area contributed by atoms with Gasteiger partial charge >= 0.3 is 6.03 Å². The first-order chi connectivity index (χ1) is 12.0. The summed E-state index contributed by atoms with van der Waals surface area (Å²) in [5.41, 5.74) is 1.90. The van der Waals surface area contributed by atoms with Crippen molar-refractivity contribution in [3.8, 4) is 5.75 Å². The van der Waals surface area contributed by atoms with Crippen LogP contribution in [0.15, 0.2) is 48.5 Å². The third kappa shape index (κ3) is 2.97. The van der Waals surface area contributed by atoms with Crippen LogP contribution in [0, 0.1) is 6.92 Å². The number of urea groups is 1. The highest BCUT2D eigenvalue weighted by Gasteiger charge is 2.46. The van der Waals surface area contributed by atoms with Crippen LogP contribution in [-0.2, 0) is 0 Å². The lowest BCUT2D eigenvalue weighted by Gasteiger charge is -2.34. The summed E-state index contributed by atoms with van der Waals surface area (Å²) in [5, 5.41) is 2.92. The van der Waals surface area contributed by atoms with Gasteiger partial charge in [-0.25, -0.2) is 4.79 Å². The predicted octanol–water partition coefficient (Wildman–Crippen LogP) is 3.64. The van der Waals surface area contributed by atoms with E-state index in [1.807, 2.05) is 49.4 Å². The quantitative estimate of drug-likeness (QED) is 0.865. The summed E-state index contributed by atoms with van der Waals surface area (Å²) in [5.74, 6) is 0.711. The minimum atomic E-state index is -0.602. The third-order valence-electron chi connectivity index (χ3n) is 4.87. The van der Waals surface area contributed by atoms with Gasteiger partial charge in [0.15, 0.2) is 5.78 Å². The number of carbonyl (C=O) groups is 2. The smallest absolute Gasteiger partial charge is 0.321 e. The molecule has 128 valence electrons. The Labute approximate surface area is 146 Å². The maximum atomic E-state index is 12.6. The number of nitrogens with one attached hydrogen (secondary N) is 1. The zero-order valence-electron chi connectivity index (χ0n) is 14.1. The minimum absolute atomic E-state index is 0.0859. The Bertz CT molecular complexity index is 848. The fraction of sp³-hybridized carbons (Fsp3) is 0.300. The molecule has 25 heavy (non-hydrogen) atoms. The van der Waals surface area contributed by atoms with Crippen molar-refractivity contribution in [2.45, 2.75) is 25.4 Å². The number of rotatable bonds is 1. The van der Waals surface area contributed by atoms with E-state index in [1.54, 1.807) is 11.0 Å². The lowest BCUT2D eigenvalue weighted by atomic mass is 9.89. The monoisotopic (exact) mass is 336 g/mol. The summed E-state index contributed by atoms with van der Waals surface area (Å²) < 4.78 is 6.16. The molecule has 2 aromatic carbocycles. The van der Waals surface area contributed by atoms with Gasteiger partial charge in [0.1, 0.15) is 11.4 Å². The number of para-hydroxylation sites is 1. The molecule has 1 N–H and O–H groups in total. The molecule has 0 radical (unpaired) electrons. The number of aryl methyl sites for hydroxylation is 1. The molecule has 0 bridgehead atoms. The third-order valence-corrected chi connectivity index (χ3v) is 4.87. The lowest BCUT2D eigenvalue weighted by molar-refractivity contribution is 0.0482. The van der Waals surface area contributed by atoms with Gasteiger partial charge in [-0.1, -0.05) is 24.3 Å². The standard InChI is InChI=1S/C20H20N2O3/c1-14-5-4-6-15(11-14)21-19(24)22-10-9-20(13-22)12-17(23)16-7-2-3-8-18(16)25-20/h2-8,11H,9-10,12-13H2,1H3,(H,21,24). The first-order valence-electron chi connectivity index (χ1n) is 8.49. The number of fused-ring (bicyclic) bond motifs is 1. The van der Waals surface area contributed by atoms with Crippen LogP contribution in [0.1, 0.15) is 28.8 Å². The second kappa shape index (κ2) is 5.92. The number of Topliss-reactive ketones (excluding diaryl/α,β-unsaturated/α-hetero) is 1. The van der Waals surface area contributed by atoms with Crippen LogP contribution >= 0.6 is 0 Å². The molecule has 4 rings (SSSR count). The SMILES string of the molecule is Cc1cccc(NC(=O)N2CCC3(CC(=O)c4ccccc4O3)C2)c1. The second-order valence-corrected chi connectivity index (χ2v) is 6.85. The Kier molecular flexibility index (Phi) is 3.71. The molecule has 0 aliphatic carbocycles. The van der Waals surface area contributed by atoms with E-state index in [4.69, 9.17) is 4.74 Å². The molecule has 5 nitrogen and oxygen atoms in total. The molecule has 2 heterocycles. The zero-order valence-corrected chi connectivity index (χ0v) is 14.1. The fourth-order valence-corrected chi connectivity index (χ4v) is 3.61. The summed E-state index contributed by atoms with van der Waals surface area (Å²) in [6.45, 7) is 2.98. The Morgan fingerprint density at radius 2 is 2.04 bits per heavy atom. The summed E-state index contributed by atoms with van der Waals surface area (Å²) in [4.78, 5) is 26.7. The molecule has 2 aromatic rings. The van der Waals surface area contributed by atoms with Crippen LogP contribution in [0.25, 0.3) is 0 Å². The van der Waals surface area contributed by atoms with Crippen molar-refractivity contribution in [1.29, 1.82) is 0 Å². The largest absolute Gasteiger partial charge is 0.484 e. The molecule has 1 saturated heterocycles. The molecular weight excluding hydrogens is 316 g/mol. The second-order valence-electron chi connectivity index (χ2n) is 6.85. The van der Waals surface area contributed by atoms with Crippen LogP contribution in [0.5, 0.6) is 5.75 Å². The van der Waals surface area contributed by atoms with Crippen LogP contribution in [0.4, 0.5) is 10.5 Å². The van der Waals surface area contributed by atoms with E-state index in [-0.39, 0.29) is 11.8 Å². The first kappa shape index (κ1) is 15.7. The normalized spacial score (nSPS) is 21.8. The van der Waals surface area contributed by atoms with Gasteiger partial charge in [-0.2, -0.15) is 0 Å². The zero-order chi connectivity index (χ0) is 17.4. The summed E-state index contributed by atoms with van der Waals surface area (Å²) in [6, 6.07) is 14.9. The summed E-state index contributed by atoms with van der Waals surface area (Å²) in [6.07, 6.45) is 0.979. The van der Waals surface area contributed by atoms with Crippen molar-refractivity contribution in [3.05, 3.63) is 59.7 Å². The van der Waals surface area contributed by atoms with Crippen molar-refractivity contribution < 1.29 is 14.3 Å². The number of carbonyl (C=O) groups excluding carboxylic acids is 2. The van der Waals surface area contributed by atoms with Crippen LogP contribution < -0.4 is 10.1 Å². The Morgan fingerprint density at radius 3 is 2.88 bits per heavy atom. The number of ether oxygens (including phenoxy) is 1. The van der Waals surface area contributed by atoms with E-state index >= 15 is 0 Å². The Hall–Kier alpha value is -2.82. The van der Waals surface area contributed by atoms with Gasteiger partial charge in [0.25, 0.3) is 0 Å². The lowest BCUT2D eigenvalue weighted by Crippen LogP contribution is -2.45. The van der Waals surface area contributed by atoms with Gasteiger partial charge in [0.05, 0.1) is 18.5 Å². The summed E-state index contributed by atoms with van der Waals surface area (Å²) >= 11 is 0. The minimum Gasteiger partial charge on any atom is -0.484 e. The van der Waals surface area contributed by atoms with E-state index in [2.05, 4.69) is 5.32 Å². The van der Waals surface area contributed by atoms with Crippen molar-refractivity contribution >= 4 is 17.5 Å². The maximum Gasteiger partial charge on any atom is 0.321 e. The molecule has 1 atom stereocenters. The highest BCUT2D eigenvalue weighted by Crippen LogP contribution is 2.38. The van der Waals surface area contributed by atoms with Gasteiger partial charge in [-0.05, 0) is 36.8 Å². The average molecular weight is 336 g/mol. The number of hydrogen-bond donors (Lipinski definition) is 1. The van der Waals surface area contributed by atoms with E-state index < -0.39 is 5.60 Å².